The van der Waals surface area contributed by atoms with Crippen molar-refractivity contribution < 1.29 is 4.74 Å². The summed E-state index contributed by atoms with van der Waals surface area (Å²) in [5.41, 5.74) is 1.35. The van der Waals surface area contributed by atoms with Crippen molar-refractivity contribution in [1.29, 1.82) is 0 Å². The molecule has 1 aliphatic heterocycles. The first kappa shape index (κ1) is 12.8. The van der Waals surface area contributed by atoms with Crippen LogP contribution in [0.25, 0.3) is 0 Å². The average Bonchev–Trinajstić information content (AvgIpc) is 2.79. The van der Waals surface area contributed by atoms with E-state index in [1.165, 1.54) is 42.8 Å². The second-order valence-corrected chi connectivity index (χ2v) is 7.71. The lowest BCUT2D eigenvalue weighted by atomic mass is 9.90. The Balaban J connectivity index is 2.16. The topological polar surface area (TPSA) is 9.23 Å². The highest BCUT2D eigenvalue weighted by Gasteiger charge is 2.47. The second-order valence-electron chi connectivity index (χ2n) is 4.85. The summed E-state index contributed by atoms with van der Waals surface area (Å²) in [5, 5.41) is 0. The van der Waals surface area contributed by atoms with Crippen LogP contribution in [0, 0.1) is 11.8 Å². The van der Waals surface area contributed by atoms with Crippen LogP contribution in [0.15, 0.2) is 12.2 Å². The Labute approximate surface area is 108 Å². The van der Waals surface area contributed by atoms with Gasteiger partial charge in [0.1, 0.15) is 0 Å². The van der Waals surface area contributed by atoms with Crippen molar-refractivity contribution in [3.05, 3.63) is 12.2 Å². The molecule has 0 spiro atoms. The van der Waals surface area contributed by atoms with E-state index in [4.69, 9.17) is 4.74 Å². The van der Waals surface area contributed by atoms with Crippen molar-refractivity contribution in [3.8, 4) is 0 Å². The lowest BCUT2D eigenvalue weighted by Crippen LogP contribution is -2.38. The van der Waals surface area contributed by atoms with E-state index in [-0.39, 0.29) is 4.27 Å². The number of hydrogen-bond donors (Lipinski definition) is 0. The third-order valence-electron chi connectivity index (χ3n) is 3.78. The molecule has 0 aromatic rings. The fourth-order valence-corrected chi connectivity index (χ4v) is 6.38. The number of thioether (sulfide) groups is 2. The van der Waals surface area contributed by atoms with Crippen LogP contribution in [0.2, 0.25) is 0 Å². The molecule has 1 saturated carbocycles. The van der Waals surface area contributed by atoms with Gasteiger partial charge in [0.2, 0.25) is 0 Å². The smallest absolute Gasteiger partial charge is 0.163 e. The molecular formula is C13H22OS2. The Morgan fingerprint density at radius 2 is 1.94 bits per heavy atom. The lowest BCUT2D eigenvalue weighted by molar-refractivity contribution is 0.0824. The van der Waals surface area contributed by atoms with Gasteiger partial charge in [-0.2, -0.15) is 0 Å². The summed E-state index contributed by atoms with van der Waals surface area (Å²) in [4.78, 5) is 0. The third kappa shape index (κ3) is 2.32. The first-order valence-electron chi connectivity index (χ1n) is 6.18. The first-order chi connectivity index (χ1) is 7.69. The maximum atomic E-state index is 5.93. The van der Waals surface area contributed by atoms with Gasteiger partial charge in [-0.05, 0) is 43.6 Å². The molecule has 0 aromatic carbocycles. The first-order valence-corrected chi connectivity index (χ1v) is 8.15. The molecule has 2 fully saturated rings. The van der Waals surface area contributed by atoms with E-state index in [0.717, 1.165) is 0 Å². The Bertz CT molecular complexity index is 259. The molecule has 2 aliphatic rings. The van der Waals surface area contributed by atoms with E-state index in [1.807, 2.05) is 30.6 Å². The van der Waals surface area contributed by atoms with Gasteiger partial charge >= 0.3 is 0 Å². The third-order valence-corrected chi connectivity index (χ3v) is 7.22. The summed E-state index contributed by atoms with van der Waals surface area (Å²) in [6, 6.07) is 0. The van der Waals surface area contributed by atoms with Crippen LogP contribution in [0.1, 0.15) is 32.6 Å². The zero-order valence-electron chi connectivity index (χ0n) is 10.3. The van der Waals surface area contributed by atoms with E-state index >= 15 is 0 Å². The molecule has 16 heavy (non-hydrogen) atoms. The number of hydrogen-bond acceptors (Lipinski definition) is 3. The minimum Gasteiger partial charge on any atom is -0.358 e. The van der Waals surface area contributed by atoms with Crippen LogP contribution < -0.4 is 0 Å². The highest BCUT2D eigenvalue weighted by molar-refractivity contribution is 8.18. The quantitative estimate of drug-likeness (QED) is 0.704. The maximum absolute atomic E-state index is 5.93. The SMILES string of the molecule is C=C(C)C1CCCC1C1(OC)SCCCS1. The van der Waals surface area contributed by atoms with Gasteiger partial charge in [-0.3, -0.25) is 0 Å². The van der Waals surface area contributed by atoms with Crippen molar-refractivity contribution in [1.82, 2.24) is 0 Å². The van der Waals surface area contributed by atoms with E-state index in [2.05, 4.69) is 13.5 Å². The molecule has 0 aromatic heterocycles. The molecule has 1 aliphatic carbocycles. The Kier molecular flexibility index (Phi) is 4.31. The van der Waals surface area contributed by atoms with Gasteiger partial charge in [0.15, 0.2) is 4.27 Å². The van der Waals surface area contributed by atoms with Crippen LogP contribution in [0.5, 0.6) is 0 Å². The van der Waals surface area contributed by atoms with Gasteiger partial charge in [0, 0.05) is 13.0 Å². The van der Waals surface area contributed by atoms with Gasteiger partial charge in [0.25, 0.3) is 0 Å². The van der Waals surface area contributed by atoms with E-state index in [0.29, 0.717) is 11.8 Å². The zero-order chi connectivity index (χ0) is 11.6. The summed E-state index contributed by atoms with van der Waals surface area (Å²) < 4.78 is 5.95. The lowest BCUT2D eigenvalue weighted by Gasteiger charge is -2.42. The molecule has 0 bridgehead atoms. The van der Waals surface area contributed by atoms with Gasteiger partial charge in [-0.1, -0.05) is 18.6 Å². The molecule has 0 N–H and O–H groups in total. The predicted octanol–water partition coefficient (Wildman–Crippen LogP) is 4.15. The Morgan fingerprint density at radius 3 is 2.50 bits per heavy atom. The minimum atomic E-state index is 0.0262. The van der Waals surface area contributed by atoms with E-state index in [1.54, 1.807) is 0 Å². The fraction of sp³-hybridized carbons (Fsp3) is 0.846. The van der Waals surface area contributed by atoms with Gasteiger partial charge < -0.3 is 4.74 Å². The average molecular weight is 258 g/mol. The number of allylic oxidation sites excluding steroid dienone is 1. The van der Waals surface area contributed by atoms with Crippen molar-refractivity contribution in [2.24, 2.45) is 11.8 Å². The highest BCUT2D eigenvalue weighted by atomic mass is 32.2. The van der Waals surface area contributed by atoms with Crippen LogP contribution in [0.4, 0.5) is 0 Å². The zero-order valence-corrected chi connectivity index (χ0v) is 12.0. The summed E-state index contributed by atoms with van der Waals surface area (Å²) >= 11 is 4.06. The van der Waals surface area contributed by atoms with Crippen molar-refractivity contribution >= 4 is 23.5 Å². The van der Waals surface area contributed by atoms with E-state index in [9.17, 15) is 0 Å². The second kappa shape index (κ2) is 5.36. The molecule has 0 radical (unpaired) electrons. The molecule has 2 unspecified atom stereocenters. The summed E-state index contributed by atoms with van der Waals surface area (Å²) in [7, 11) is 1.89. The normalized spacial score (nSPS) is 33.9. The summed E-state index contributed by atoms with van der Waals surface area (Å²) in [6.07, 6.45) is 5.29. The largest absolute Gasteiger partial charge is 0.358 e. The molecule has 92 valence electrons. The van der Waals surface area contributed by atoms with Crippen LogP contribution in [-0.2, 0) is 4.74 Å². The van der Waals surface area contributed by atoms with Gasteiger partial charge in [-0.25, -0.2) is 0 Å². The number of methoxy groups -OCH3 is 1. The molecule has 1 heterocycles. The van der Waals surface area contributed by atoms with Crippen LogP contribution in [-0.4, -0.2) is 22.9 Å². The van der Waals surface area contributed by atoms with E-state index < -0.39 is 0 Å². The minimum absolute atomic E-state index is 0.0262. The van der Waals surface area contributed by atoms with Gasteiger partial charge in [0.05, 0.1) is 0 Å². The Morgan fingerprint density at radius 1 is 1.25 bits per heavy atom. The number of ether oxygens (including phenoxy) is 1. The highest BCUT2D eigenvalue weighted by Crippen LogP contribution is 2.56. The van der Waals surface area contributed by atoms with Crippen molar-refractivity contribution in [2.75, 3.05) is 18.6 Å². The van der Waals surface area contributed by atoms with Crippen molar-refractivity contribution in [3.63, 3.8) is 0 Å². The Hall–Kier alpha value is 0.400. The molecular weight excluding hydrogens is 236 g/mol. The summed E-state index contributed by atoms with van der Waals surface area (Å²) in [5.74, 6) is 3.85. The predicted molar refractivity (Wildman–Crippen MR) is 74.9 cm³/mol. The molecule has 3 heteroatoms. The monoisotopic (exact) mass is 258 g/mol. The molecule has 0 amide bonds. The van der Waals surface area contributed by atoms with Crippen molar-refractivity contribution in [2.45, 2.75) is 36.9 Å². The molecule has 1 saturated heterocycles. The number of rotatable bonds is 3. The molecule has 2 rings (SSSR count). The standard InChI is InChI=1S/C13H22OS2/c1-10(2)11-6-4-7-12(11)13(14-3)15-8-5-9-16-13/h11-12H,1,4-9H2,2-3H3. The molecule has 1 nitrogen and oxygen atoms in total. The summed E-state index contributed by atoms with van der Waals surface area (Å²) in [6.45, 7) is 6.36. The maximum Gasteiger partial charge on any atom is 0.163 e. The van der Waals surface area contributed by atoms with Crippen LogP contribution in [0.3, 0.4) is 0 Å². The fourth-order valence-electron chi connectivity index (χ4n) is 2.99. The molecule has 2 atom stereocenters. The van der Waals surface area contributed by atoms with Crippen LogP contribution >= 0.6 is 23.5 Å². The van der Waals surface area contributed by atoms with Gasteiger partial charge in [-0.15, -0.1) is 23.5 Å².